The number of anilines is 1. The molecule has 0 aliphatic carbocycles. The minimum atomic E-state index is -0.0943. The van der Waals surface area contributed by atoms with E-state index in [0.29, 0.717) is 18.1 Å². The van der Waals surface area contributed by atoms with Crippen molar-refractivity contribution in [2.75, 3.05) is 11.4 Å². The predicted molar refractivity (Wildman–Crippen MR) is 82.3 cm³/mol. The van der Waals surface area contributed by atoms with Gasteiger partial charge in [0.2, 0.25) is 5.91 Å². The first-order valence-corrected chi connectivity index (χ1v) is 6.76. The fourth-order valence-corrected chi connectivity index (χ4v) is 2.68. The summed E-state index contributed by atoms with van der Waals surface area (Å²) in [7, 11) is 0. The van der Waals surface area contributed by atoms with E-state index in [4.69, 9.17) is 12.2 Å². The molecule has 1 amide bonds. The van der Waals surface area contributed by atoms with E-state index < -0.39 is 0 Å². The molecule has 4 heteroatoms. The summed E-state index contributed by atoms with van der Waals surface area (Å²) in [5.74, 6) is -0.0377. The Morgan fingerprint density at radius 2 is 2.11 bits per heavy atom. The average molecular weight is 274 g/mol. The molecule has 1 aliphatic rings. The summed E-state index contributed by atoms with van der Waals surface area (Å²) in [6.45, 7) is 8.29. The molecule has 1 aliphatic heterocycles. The van der Waals surface area contributed by atoms with Crippen LogP contribution in [0.3, 0.4) is 0 Å². The van der Waals surface area contributed by atoms with Gasteiger partial charge in [-0.05, 0) is 43.6 Å². The van der Waals surface area contributed by atoms with Crippen LogP contribution in [-0.4, -0.2) is 17.6 Å². The maximum Gasteiger partial charge on any atom is 0.238 e. The fourth-order valence-electron chi connectivity index (χ4n) is 2.41. The van der Waals surface area contributed by atoms with Crippen molar-refractivity contribution < 1.29 is 4.79 Å². The van der Waals surface area contributed by atoms with Crippen molar-refractivity contribution in [2.24, 2.45) is 5.92 Å². The highest BCUT2D eigenvalue weighted by molar-refractivity contribution is 7.80. The Kier molecular flexibility index (Phi) is 4.00. The van der Waals surface area contributed by atoms with E-state index in [1.54, 1.807) is 11.0 Å². The van der Waals surface area contributed by atoms with Crippen molar-refractivity contribution in [3.63, 3.8) is 0 Å². The first kappa shape index (κ1) is 13.7. The second-order valence-electron chi connectivity index (χ2n) is 4.82. The van der Waals surface area contributed by atoms with Crippen molar-refractivity contribution >= 4 is 28.9 Å². The van der Waals surface area contributed by atoms with E-state index in [0.717, 1.165) is 16.8 Å². The zero-order valence-electron chi connectivity index (χ0n) is 11.3. The molecule has 0 aromatic heterocycles. The summed E-state index contributed by atoms with van der Waals surface area (Å²) < 4.78 is 0. The summed E-state index contributed by atoms with van der Waals surface area (Å²) in [4.78, 5) is 14.2. The van der Waals surface area contributed by atoms with Crippen LogP contribution in [0.4, 0.5) is 5.69 Å². The van der Waals surface area contributed by atoms with Gasteiger partial charge in [0, 0.05) is 6.54 Å². The van der Waals surface area contributed by atoms with Crippen LogP contribution in [-0.2, 0) is 4.79 Å². The topological polar surface area (TPSA) is 32.3 Å². The number of nitrogens with zero attached hydrogens (tertiary/aromatic N) is 1. The molecular weight excluding hydrogens is 256 g/mol. The third kappa shape index (κ3) is 2.54. The maximum atomic E-state index is 12.6. The molecule has 1 heterocycles. The minimum absolute atomic E-state index is 0.0565. The van der Waals surface area contributed by atoms with Gasteiger partial charge < -0.3 is 5.32 Å². The minimum Gasteiger partial charge on any atom is -0.361 e. The van der Waals surface area contributed by atoms with Crippen LogP contribution in [0, 0.1) is 19.8 Å². The molecule has 1 unspecified atom stereocenters. The van der Waals surface area contributed by atoms with Gasteiger partial charge in [-0.2, -0.15) is 0 Å². The van der Waals surface area contributed by atoms with Crippen molar-refractivity contribution in [2.45, 2.75) is 20.3 Å². The predicted octanol–water partition coefficient (Wildman–Crippen LogP) is 2.72. The molecule has 0 radical (unpaired) electrons. The Morgan fingerprint density at radius 1 is 1.47 bits per heavy atom. The highest BCUT2D eigenvalue weighted by Crippen LogP contribution is 2.28. The SMILES string of the molecule is C=CCC1CNC(=S)N(c2c(C)cccc2C)C1=O. The van der Waals surface area contributed by atoms with E-state index in [2.05, 4.69) is 11.9 Å². The van der Waals surface area contributed by atoms with Gasteiger partial charge in [0.25, 0.3) is 0 Å². The molecule has 19 heavy (non-hydrogen) atoms. The summed E-state index contributed by atoms with van der Waals surface area (Å²) in [6, 6.07) is 5.98. The van der Waals surface area contributed by atoms with Crippen LogP contribution in [0.2, 0.25) is 0 Å². The number of benzene rings is 1. The van der Waals surface area contributed by atoms with Crippen molar-refractivity contribution in [1.82, 2.24) is 5.32 Å². The molecule has 0 saturated carbocycles. The number of aryl methyl sites for hydroxylation is 2. The average Bonchev–Trinajstić information content (AvgIpc) is 2.36. The summed E-state index contributed by atoms with van der Waals surface area (Å²) in [6.07, 6.45) is 2.44. The number of carbonyl (C=O) groups is 1. The van der Waals surface area contributed by atoms with Crippen molar-refractivity contribution in [3.05, 3.63) is 42.0 Å². The normalized spacial score (nSPS) is 19.3. The van der Waals surface area contributed by atoms with Gasteiger partial charge in [0.1, 0.15) is 0 Å². The van der Waals surface area contributed by atoms with Crippen molar-refractivity contribution in [1.29, 1.82) is 0 Å². The summed E-state index contributed by atoms with van der Waals surface area (Å²) in [5, 5.41) is 3.63. The molecule has 1 N–H and O–H groups in total. The Balaban J connectivity index is 2.43. The zero-order valence-corrected chi connectivity index (χ0v) is 12.1. The molecule has 0 bridgehead atoms. The van der Waals surface area contributed by atoms with E-state index in [1.807, 2.05) is 32.0 Å². The number of thiocarbonyl (C=S) groups is 1. The van der Waals surface area contributed by atoms with Gasteiger partial charge >= 0.3 is 0 Å². The number of nitrogens with one attached hydrogen (secondary N) is 1. The van der Waals surface area contributed by atoms with E-state index >= 15 is 0 Å². The van der Waals surface area contributed by atoms with Crippen LogP contribution >= 0.6 is 12.2 Å². The van der Waals surface area contributed by atoms with Gasteiger partial charge in [0.15, 0.2) is 5.11 Å². The number of rotatable bonds is 3. The lowest BCUT2D eigenvalue weighted by atomic mass is 9.99. The highest BCUT2D eigenvalue weighted by atomic mass is 32.1. The number of carbonyl (C=O) groups excluding carboxylic acids is 1. The lowest BCUT2D eigenvalue weighted by Gasteiger charge is -2.35. The fraction of sp³-hybridized carbons (Fsp3) is 0.333. The second kappa shape index (κ2) is 5.53. The lowest BCUT2D eigenvalue weighted by Crippen LogP contribution is -2.55. The van der Waals surface area contributed by atoms with Crippen LogP contribution < -0.4 is 10.2 Å². The standard InChI is InChI=1S/C15H18N2OS/c1-4-6-12-9-16-15(19)17(14(12)18)13-10(2)7-5-8-11(13)3/h4-5,7-8,12H,1,6,9H2,2-3H3,(H,16,19). The Labute approximate surface area is 119 Å². The third-order valence-corrected chi connectivity index (χ3v) is 3.71. The smallest absolute Gasteiger partial charge is 0.238 e. The number of allylic oxidation sites excluding steroid dienone is 1. The lowest BCUT2D eigenvalue weighted by molar-refractivity contribution is -0.121. The van der Waals surface area contributed by atoms with Gasteiger partial charge in [-0.1, -0.05) is 24.3 Å². The van der Waals surface area contributed by atoms with Gasteiger partial charge in [-0.25, -0.2) is 0 Å². The molecule has 100 valence electrons. The largest absolute Gasteiger partial charge is 0.361 e. The molecule has 2 rings (SSSR count). The zero-order chi connectivity index (χ0) is 14.0. The third-order valence-electron chi connectivity index (χ3n) is 3.39. The first-order valence-electron chi connectivity index (χ1n) is 6.35. The maximum absolute atomic E-state index is 12.6. The van der Waals surface area contributed by atoms with Crippen LogP contribution in [0.25, 0.3) is 0 Å². The van der Waals surface area contributed by atoms with Gasteiger partial charge in [-0.15, -0.1) is 6.58 Å². The number of amides is 1. The molecule has 1 atom stereocenters. The van der Waals surface area contributed by atoms with E-state index in [1.165, 1.54) is 0 Å². The van der Waals surface area contributed by atoms with E-state index in [9.17, 15) is 4.79 Å². The molecule has 0 spiro atoms. The van der Waals surface area contributed by atoms with E-state index in [-0.39, 0.29) is 11.8 Å². The Hall–Kier alpha value is -1.68. The molecule has 1 aromatic rings. The Morgan fingerprint density at radius 3 is 2.68 bits per heavy atom. The molecule has 1 aromatic carbocycles. The number of hydrogen-bond acceptors (Lipinski definition) is 2. The summed E-state index contributed by atoms with van der Waals surface area (Å²) in [5.41, 5.74) is 3.01. The number of para-hydroxylation sites is 1. The van der Waals surface area contributed by atoms with Crippen molar-refractivity contribution in [3.8, 4) is 0 Å². The van der Waals surface area contributed by atoms with Crippen LogP contribution in [0.15, 0.2) is 30.9 Å². The summed E-state index contributed by atoms with van der Waals surface area (Å²) >= 11 is 5.31. The highest BCUT2D eigenvalue weighted by Gasteiger charge is 2.33. The number of hydrogen-bond donors (Lipinski definition) is 1. The van der Waals surface area contributed by atoms with Crippen LogP contribution in [0.5, 0.6) is 0 Å². The van der Waals surface area contributed by atoms with Gasteiger partial charge in [0.05, 0.1) is 11.6 Å². The molecule has 1 fully saturated rings. The molecule has 1 saturated heterocycles. The van der Waals surface area contributed by atoms with Crippen LogP contribution in [0.1, 0.15) is 17.5 Å². The molecule has 3 nitrogen and oxygen atoms in total. The Bertz CT molecular complexity index is 519. The monoisotopic (exact) mass is 274 g/mol. The quantitative estimate of drug-likeness (QED) is 0.679. The first-order chi connectivity index (χ1) is 9.06. The van der Waals surface area contributed by atoms with Gasteiger partial charge in [-0.3, -0.25) is 9.69 Å². The second-order valence-corrected chi connectivity index (χ2v) is 5.21. The molecular formula is C15H18N2OS.